The fourth-order valence-corrected chi connectivity index (χ4v) is 4.87. The highest BCUT2D eigenvalue weighted by molar-refractivity contribution is 5.92. The molecule has 3 aromatic rings. The summed E-state index contributed by atoms with van der Waals surface area (Å²) in [5, 5.41) is 11.3. The van der Waals surface area contributed by atoms with Crippen molar-refractivity contribution in [3.63, 3.8) is 0 Å². The number of nitrogens with one attached hydrogen (secondary N) is 1. The van der Waals surface area contributed by atoms with Gasteiger partial charge in [-0.05, 0) is 37.5 Å². The minimum Gasteiger partial charge on any atom is -0.449 e. The lowest BCUT2D eigenvalue weighted by Crippen LogP contribution is -2.54. The molecule has 6 N–H and O–H groups in total. The summed E-state index contributed by atoms with van der Waals surface area (Å²) in [6.45, 7) is 1.64. The zero-order valence-electron chi connectivity index (χ0n) is 21.8. The van der Waals surface area contributed by atoms with Crippen molar-refractivity contribution in [2.75, 3.05) is 18.0 Å². The maximum Gasteiger partial charge on any atom is 0.511 e. The number of ether oxygens (including phenoxy) is 1. The van der Waals surface area contributed by atoms with Gasteiger partial charge in [0.2, 0.25) is 11.3 Å². The Morgan fingerprint density at radius 2 is 1.95 bits per heavy atom. The van der Waals surface area contributed by atoms with Crippen molar-refractivity contribution < 1.29 is 37.4 Å². The summed E-state index contributed by atoms with van der Waals surface area (Å²) in [6, 6.07) is 2.11. The summed E-state index contributed by atoms with van der Waals surface area (Å²) >= 11 is 0. The summed E-state index contributed by atoms with van der Waals surface area (Å²) in [5.74, 6) is -5.89. The number of hydrogen-bond donors (Lipinski definition) is 4. The van der Waals surface area contributed by atoms with Gasteiger partial charge >= 0.3 is 6.16 Å². The van der Waals surface area contributed by atoms with Crippen LogP contribution in [-0.2, 0) is 9.59 Å². The number of hydrogen-bond acceptors (Lipinski definition) is 9. The van der Waals surface area contributed by atoms with Crippen molar-refractivity contribution in [1.29, 1.82) is 0 Å². The molecule has 2 unspecified atom stereocenters. The number of aromatic nitrogens is 2. The smallest absolute Gasteiger partial charge is 0.449 e. The lowest BCUT2D eigenvalue weighted by atomic mass is 9.92. The van der Waals surface area contributed by atoms with E-state index in [0.29, 0.717) is 18.9 Å². The number of fused-ring (bicyclic) bond motifs is 1. The summed E-state index contributed by atoms with van der Waals surface area (Å²) < 4.78 is 49.4. The highest BCUT2D eigenvalue weighted by Crippen LogP contribution is 2.30. The largest absolute Gasteiger partial charge is 0.511 e. The van der Waals surface area contributed by atoms with Crippen molar-refractivity contribution in [3.05, 3.63) is 58.1 Å². The predicted molar refractivity (Wildman–Crippen MR) is 140 cm³/mol. The SMILES string of the molecule is CCC(C(=O)CN)[C@H](N)C(=O)NC1CCCN1c1nc2c(cc1F)c(=O)c(OC(=O)O)cn2-c1ccc(F)cc1F. The van der Waals surface area contributed by atoms with Crippen LogP contribution in [0.4, 0.5) is 23.8 Å². The minimum absolute atomic E-state index is 0.226. The minimum atomic E-state index is -1.84. The van der Waals surface area contributed by atoms with Crippen LogP contribution in [0.15, 0.2) is 35.3 Å². The lowest BCUT2D eigenvalue weighted by molar-refractivity contribution is -0.130. The van der Waals surface area contributed by atoms with Gasteiger partial charge in [-0.3, -0.25) is 19.0 Å². The van der Waals surface area contributed by atoms with E-state index in [-0.39, 0.29) is 42.4 Å². The van der Waals surface area contributed by atoms with E-state index in [1.807, 2.05) is 0 Å². The number of amides is 1. The average molecular weight is 577 g/mol. The zero-order chi connectivity index (χ0) is 30.0. The predicted octanol–water partition coefficient (Wildman–Crippen LogP) is 1.78. The highest BCUT2D eigenvalue weighted by atomic mass is 19.1. The second kappa shape index (κ2) is 11.9. The lowest BCUT2D eigenvalue weighted by Gasteiger charge is -2.29. The Morgan fingerprint density at radius 1 is 1.22 bits per heavy atom. The molecule has 218 valence electrons. The van der Waals surface area contributed by atoms with Crippen LogP contribution in [-0.4, -0.2) is 57.8 Å². The number of Topliss-reactive ketones (excluding diaryl/α,β-unsaturated/α-hetero) is 1. The van der Waals surface area contributed by atoms with E-state index in [1.165, 1.54) is 4.90 Å². The molecule has 0 radical (unpaired) electrons. The molecular weight excluding hydrogens is 549 g/mol. The van der Waals surface area contributed by atoms with Gasteiger partial charge in [0.1, 0.15) is 17.8 Å². The molecule has 1 aromatic carbocycles. The number of anilines is 1. The van der Waals surface area contributed by atoms with Crippen LogP contribution >= 0.6 is 0 Å². The Morgan fingerprint density at radius 3 is 2.59 bits per heavy atom. The summed E-state index contributed by atoms with van der Waals surface area (Å²) in [7, 11) is 0. The Kier molecular flexibility index (Phi) is 8.58. The van der Waals surface area contributed by atoms with Crippen LogP contribution in [0.2, 0.25) is 0 Å². The third-order valence-electron chi connectivity index (χ3n) is 6.87. The second-order valence-corrected chi connectivity index (χ2v) is 9.39. The first-order chi connectivity index (χ1) is 19.5. The fourth-order valence-electron chi connectivity index (χ4n) is 4.87. The van der Waals surface area contributed by atoms with Crippen molar-refractivity contribution in [2.45, 2.75) is 38.4 Å². The van der Waals surface area contributed by atoms with Gasteiger partial charge in [-0.25, -0.2) is 22.9 Å². The van der Waals surface area contributed by atoms with Gasteiger partial charge in [-0.1, -0.05) is 6.92 Å². The number of carboxylic acid groups (broad SMARTS) is 1. The molecule has 4 rings (SSSR count). The molecule has 1 fully saturated rings. The number of halogens is 3. The molecule has 15 heteroatoms. The molecule has 12 nitrogen and oxygen atoms in total. The first kappa shape index (κ1) is 29.5. The Hall–Kier alpha value is -4.50. The normalized spacial score (nSPS) is 16.4. The number of rotatable bonds is 9. The second-order valence-electron chi connectivity index (χ2n) is 9.39. The van der Waals surface area contributed by atoms with Crippen LogP contribution in [0.1, 0.15) is 26.2 Å². The van der Waals surface area contributed by atoms with E-state index in [9.17, 15) is 28.0 Å². The topological polar surface area (TPSA) is 183 Å². The molecule has 1 amide bonds. The van der Waals surface area contributed by atoms with Crippen LogP contribution in [0.25, 0.3) is 16.7 Å². The maximum absolute atomic E-state index is 15.5. The van der Waals surface area contributed by atoms with Crippen LogP contribution < -0.4 is 31.8 Å². The monoisotopic (exact) mass is 576 g/mol. The quantitative estimate of drug-likeness (QED) is 0.274. The zero-order valence-corrected chi connectivity index (χ0v) is 21.8. The molecule has 2 aromatic heterocycles. The third-order valence-corrected chi connectivity index (χ3v) is 6.87. The van der Waals surface area contributed by atoms with E-state index >= 15 is 4.39 Å². The first-order valence-electron chi connectivity index (χ1n) is 12.6. The molecule has 0 spiro atoms. The Labute approximate surface area is 230 Å². The van der Waals surface area contributed by atoms with Gasteiger partial charge in [0.25, 0.3) is 0 Å². The van der Waals surface area contributed by atoms with E-state index in [2.05, 4.69) is 15.0 Å². The van der Waals surface area contributed by atoms with Gasteiger partial charge < -0.3 is 31.5 Å². The molecule has 3 heterocycles. The molecule has 1 aliphatic rings. The third kappa shape index (κ3) is 5.85. The van der Waals surface area contributed by atoms with Crippen molar-refractivity contribution >= 4 is 34.7 Å². The van der Waals surface area contributed by atoms with Crippen molar-refractivity contribution in [3.8, 4) is 11.4 Å². The molecule has 0 saturated carbocycles. The molecule has 3 atom stereocenters. The molecule has 41 heavy (non-hydrogen) atoms. The van der Waals surface area contributed by atoms with E-state index in [1.54, 1.807) is 6.92 Å². The number of ketones is 1. The van der Waals surface area contributed by atoms with Gasteiger partial charge in [0, 0.05) is 18.5 Å². The standard InChI is InChI=1S/C26H27F3N6O6/c1-2-13(18(36)10-30)21(31)25(38)32-20-4-3-7-34(20)24-16(29)9-14-22(37)19(41-26(39)40)11-35(23(14)33-24)17-6-5-12(27)8-15(17)28/h5-6,8-9,11,13,20-21H,2-4,7,10,30-31H2,1H3,(H,32,38)(H,39,40)/t13?,20?,21-/m0/s1. The van der Waals surface area contributed by atoms with Gasteiger partial charge in [-0.2, -0.15) is 0 Å². The molecule has 0 bridgehead atoms. The number of nitrogens with two attached hydrogens (primary N) is 2. The first-order valence-corrected chi connectivity index (χ1v) is 12.6. The molecule has 1 aliphatic heterocycles. The summed E-state index contributed by atoms with van der Waals surface area (Å²) in [4.78, 5) is 54.8. The van der Waals surface area contributed by atoms with E-state index in [0.717, 1.165) is 29.0 Å². The van der Waals surface area contributed by atoms with E-state index in [4.69, 9.17) is 16.6 Å². The van der Waals surface area contributed by atoms with Gasteiger partial charge in [0.15, 0.2) is 28.8 Å². The number of benzene rings is 1. The number of carbonyl (C=O) groups is 3. The van der Waals surface area contributed by atoms with Crippen molar-refractivity contribution in [1.82, 2.24) is 14.9 Å². The van der Waals surface area contributed by atoms with Gasteiger partial charge in [-0.15, -0.1) is 0 Å². The van der Waals surface area contributed by atoms with Crippen LogP contribution in [0, 0.1) is 23.4 Å². The van der Waals surface area contributed by atoms with Crippen molar-refractivity contribution in [2.24, 2.45) is 17.4 Å². The molecular formula is C26H27F3N6O6. The number of nitrogens with zero attached hydrogens (tertiary/aromatic N) is 3. The number of carbonyl (C=O) groups excluding carboxylic acids is 2. The summed E-state index contributed by atoms with van der Waals surface area (Å²) in [5.41, 5.74) is 9.81. The maximum atomic E-state index is 15.5. The fraction of sp³-hybridized carbons (Fsp3) is 0.346. The van der Waals surface area contributed by atoms with Gasteiger partial charge in [0.05, 0.1) is 29.9 Å². The molecule has 1 saturated heterocycles. The Balaban J connectivity index is 1.79. The summed E-state index contributed by atoms with van der Waals surface area (Å²) in [6.07, 6.45) is -0.635. The van der Waals surface area contributed by atoms with Crippen LogP contribution in [0.5, 0.6) is 5.75 Å². The van der Waals surface area contributed by atoms with Crippen LogP contribution in [0.3, 0.4) is 0 Å². The van der Waals surface area contributed by atoms with E-state index < -0.39 is 64.2 Å². The molecule has 0 aliphatic carbocycles. The highest BCUT2D eigenvalue weighted by Gasteiger charge is 2.34. The average Bonchev–Trinajstić information content (AvgIpc) is 3.38. The Bertz CT molecular complexity index is 1580. The number of pyridine rings is 2.